The van der Waals surface area contributed by atoms with Gasteiger partial charge in [-0.15, -0.1) is 0 Å². The van der Waals surface area contributed by atoms with Crippen molar-refractivity contribution in [3.63, 3.8) is 0 Å². The minimum atomic E-state index is -1.47. The highest BCUT2D eigenvalue weighted by atomic mass is 19.3. The normalized spacial score (nSPS) is 25.5. The van der Waals surface area contributed by atoms with Gasteiger partial charge in [-0.25, -0.2) is 0 Å². The summed E-state index contributed by atoms with van der Waals surface area (Å²) < 4.78 is 24.8. The lowest BCUT2D eigenvalue weighted by Gasteiger charge is -2.23. The fourth-order valence-electron chi connectivity index (χ4n) is 1.97. The number of likely N-dealkylation sites (N-methyl/N-ethyl adjacent to an activating group) is 1. The van der Waals surface area contributed by atoms with Gasteiger partial charge in [0.15, 0.2) is 0 Å². The summed E-state index contributed by atoms with van der Waals surface area (Å²) in [6, 6.07) is -0.0463. The van der Waals surface area contributed by atoms with Crippen LogP contribution in [0.25, 0.3) is 0 Å². The third-order valence-electron chi connectivity index (χ3n) is 2.44. The third-order valence-corrected chi connectivity index (χ3v) is 2.44. The van der Waals surface area contributed by atoms with Gasteiger partial charge in [0.2, 0.25) is 0 Å². The summed E-state index contributed by atoms with van der Waals surface area (Å²) >= 11 is 0. The minimum absolute atomic E-state index is 0.0463. The van der Waals surface area contributed by atoms with Gasteiger partial charge in [0.05, 0.1) is 0 Å². The van der Waals surface area contributed by atoms with Gasteiger partial charge in [0.25, 0.3) is 6.08 Å². The minimum Gasteiger partial charge on any atom is -0.299 e. The van der Waals surface area contributed by atoms with Crippen LogP contribution >= 0.6 is 0 Å². The molecule has 0 N–H and O–H groups in total. The largest absolute Gasteiger partial charge is 0.299 e. The molecule has 70 valence electrons. The molecule has 0 aromatic carbocycles. The average molecular weight is 175 g/mol. The third kappa shape index (κ3) is 1.66. The molecule has 0 bridgehead atoms. The van der Waals surface area contributed by atoms with Crippen LogP contribution in [0.4, 0.5) is 8.78 Å². The fourth-order valence-corrected chi connectivity index (χ4v) is 1.97. The van der Waals surface area contributed by atoms with Gasteiger partial charge in [0.1, 0.15) is 0 Å². The van der Waals surface area contributed by atoms with E-state index in [1.807, 2.05) is 25.8 Å². The lowest BCUT2D eigenvalue weighted by molar-refractivity contribution is 0.264. The van der Waals surface area contributed by atoms with Crippen LogP contribution in [0.5, 0.6) is 0 Å². The van der Waals surface area contributed by atoms with Crippen molar-refractivity contribution in [2.24, 2.45) is 5.92 Å². The molecule has 1 nitrogen and oxygen atoms in total. The molecule has 1 aliphatic heterocycles. The molecule has 0 aromatic rings. The maximum Gasteiger partial charge on any atom is 0.271 e. The second-order valence-corrected chi connectivity index (χ2v) is 3.71. The van der Waals surface area contributed by atoms with Gasteiger partial charge in [-0.2, -0.15) is 8.78 Å². The molecular formula is C9H15F2N. The van der Waals surface area contributed by atoms with E-state index in [2.05, 4.69) is 0 Å². The Balaban J connectivity index is 2.85. The molecule has 0 aromatic heterocycles. The number of hydrogen-bond donors (Lipinski definition) is 0. The maximum atomic E-state index is 12.4. The molecule has 3 heteroatoms. The zero-order valence-corrected chi connectivity index (χ0v) is 7.77. The van der Waals surface area contributed by atoms with Crippen LogP contribution in [0.15, 0.2) is 11.7 Å². The van der Waals surface area contributed by atoms with E-state index in [9.17, 15) is 8.78 Å². The van der Waals surface area contributed by atoms with E-state index in [4.69, 9.17) is 0 Å². The molecule has 1 heterocycles. The van der Waals surface area contributed by atoms with Crippen LogP contribution in [-0.4, -0.2) is 24.5 Å². The van der Waals surface area contributed by atoms with E-state index in [-0.39, 0.29) is 12.0 Å². The molecule has 1 rings (SSSR count). The molecular weight excluding hydrogens is 160 g/mol. The van der Waals surface area contributed by atoms with Crippen molar-refractivity contribution in [2.45, 2.75) is 26.3 Å². The average Bonchev–Trinajstić information content (AvgIpc) is 2.30. The van der Waals surface area contributed by atoms with Crippen LogP contribution in [-0.2, 0) is 0 Å². The molecule has 12 heavy (non-hydrogen) atoms. The first-order chi connectivity index (χ1) is 5.54. The number of hydrogen-bond acceptors (Lipinski definition) is 1. The van der Waals surface area contributed by atoms with E-state index >= 15 is 0 Å². The Morgan fingerprint density at radius 1 is 1.50 bits per heavy atom. The van der Waals surface area contributed by atoms with E-state index in [1.54, 1.807) is 0 Å². The molecule has 0 spiro atoms. The topological polar surface area (TPSA) is 3.24 Å². The summed E-state index contributed by atoms with van der Waals surface area (Å²) in [7, 11) is 1.90. The summed E-state index contributed by atoms with van der Waals surface area (Å²) in [5, 5.41) is 0. The van der Waals surface area contributed by atoms with Crippen molar-refractivity contribution in [3.05, 3.63) is 11.7 Å². The van der Waals surface area contributed by atoms with Gasteiger partial charge in [-0.3, -0.25) is 4.90 Å². The first kappa shape index (κ1) is 9.65. The lowest BCUT2D eigenvalue weighted by atomic mass is 9.98. The first-order valence-corrected chi connectivity index (χ1v) is 4.28. The Kier molecular flexibility index (Phi) is 2.83. The Morgan fingerprint density at radius 2 is 2.08 bits per heavy atom. The van der Waals surface area contributed by atoms with Crippen LogP contribution in [0.1, 0.15) is 20.3 Å². The fraction of sp³-hybridized carbons (Fsp3) is 0.778. The van der Waals surface area contributed by atoms with E-state index < -0.39 is 6.08 Å². The molecule has 0 saturated carbocycles. The van der Waals surface area contributed by atoms with E-state index in [1.165, 1.54) is 0 Å². The first-order valence-electron chi connectivity index (χ1n) is 4.28. The Hall–Kier alpha value is -0.440. The number of nitrogens with zero attached hydrogens (tertiary/aromatic N) is 1. The van der Waals surface area contributed by atoms with Gasteiger partial charge in [-0.1, -0.05) is 13.8 Å². The SMILES string of the molecule is CC(C)C1C(=C(F)F)CCN1C. The van der Waals surface area contributed by atoms with Gasteiger partial charge < -0.3 is 0 Å². The quantitative estimate of drug-likeness (QED) is 0.592. The van der Waals surface area contributed by atoms with Gasteiger partial charge >= 0.3 is 0 Å². The summed E-state index contributed by atoms with van der Waals surface area (Å²) in [6.07, 6.45) is -0.945. The zero-order valence-electron chi connectivity index (χ0n) is 7.77. The second kappa shape index (κ2) is 3.52. The van der Waals surface area contributed by atoms with Crippen molar-refractivity contribution in [3.8, 4) is 0 Å². The van der Waals surface area contributed by atoms with Crippen LogP contribution in [0.2, 0.25) is 0 Å². The summed E-state index contributed by atoms with van der Waals surface area (Å²) in [4.78, 5) is 2.00. The van der Waals surface area contributed by atoms with E-state index in [0.29, 0.717) is 12.0 Å². The number of likely N-dealkylation sites (tertiary alicyclic amines) is 1. The van der Waals surface area contributed by atoms with Crippen molar-refractivity contribution in [1.29, 1.82) is 0 Å². The Bertz CT molecular complexity index is 195. The molecule has 0 amide bonds. The summed E-state index contributed by atoms with van der Waals surface area (Å²) in [5.74, 6) is 0.272. The predicted molar refractivity (Wildman–Crippen MR) is 45.1 cm³/mol. The highest BCUT2D eigenvalue weighted by Crippen LogP contribution is 2.30. The molecule has 1 unspecified atom stereocenters. The number of rotatable bonds is 1. The Morgan fingerprint density at radius 3 is 2.42 bits per heavy atom. The van der Waals surface area contributed by atoms with Crippen LogP contribution in [0, 0.1) is 5.92 Å². The van der Waals surface area contributed by atoms with E-state index in [0.717, 1.165) is 6.54 Å². The Labute approximate surface area is 72.1 Å². The van der Waals surface area contributed by atoms with Crippen molar-refractivity contribution in [2.75, 3.05) is 13.6 Å². The van der Waals surface area contributed by atoms with Gasteiger partial charge in [-0.05, 0) is 19.4 Å². The lowest BCUT2D eigenvalue weighted by Crippen LogP contribution is -2.30. The van der Waals surface area contributed by atoms with Crippen molar-refractivity contribution < 1.29 is 8.78 Å². The second-order valence-electron chi connectivity index (χ2n) is 3.71. The maximum absolute atomic E-state index is 12.4. The molecule has 1 atom stereocenters. The summed E-state index contributed by atoms with van der Waals surface area (Å²) in [6.45, 7) is 4.72. The molecule has 1 fully saturated rings. The highest BCUT2D eigenvalue weighted by Gasteiger charge is 2.31. The monoisotopic (exact) mass is 175 g/mol. The number of halogens is 2. The molecule has 1 saturated heterocycles. The van der Waals surface area contributed by atoms with Crippen LogP contribution < -0.4 is 0 Å². The molecule has 0 aliphatic carbocycles. The zero-order chi connectivity index (χ0) is 9.30. The van der Waals surface area contributed by atoms with Crippen LogP contribution in [0.3, 0.4) is 0 Å². The standard InChI is InChI=1S/C9H15F2N/c1-6(2)8-7(9(10)11)4-5-12(8)3/h6,8H,4-5H2,1-3H3. The van der Waals surface area contributed by atoms with Crippen molar-refractivity contribution in [1.82, 2.24) is 4.90 Å². The predicted octanol–water partition coefficient (Wildman–Crippen LogP) is 2.50. The molecule has 1 aliphatic rings. The van der Waals surface area contributed by atoms with Gasteiger partial charge in [0, 0.05) is 18.2 Å². The highest BCUT2D eigenvalue weighted by molar-refractivity contribution is 5.17. The van der Waals surface area contributed by atoms with Crippen molar-refractivity contribution >= 4 is 0 Å². The molecule has 0 radical (unpaired) electrons. The summed E-state index contributed by atoms with van der Waals surface area (Å²) in [5.41, 5.74) is 0.340. The smallest absolute Gasteiger partial charge is 0.271 e.